The van der Waals surface area contributed by atoms with Gasteiger partial charge in [0.05, 0.1) is 0 Å². The van der Waals surface area contributed by atoms with E-state index in [1.165, 1.54) is 6.42 Å². The molecular formula is C19H25NO2. The second-order valence-corrected chi connectivity index (χ2v) is 6.91. The Morgan fingerprint density at radius 3 is 2.27 bits per heavy atom. The van der Waals surface area contributed by atoms with Gasteiger partial charge >= 0.3 is 0 Å². The van der Waals surface area contributed by atoms with Gasteiger partial charge in [-0.2, -0.15) is 0 Å². The van der Waals surface area contributed by atoms with Crippen LogP contribution in [-0.4, -0.2) is 29.7 Å². The summed E-state index contributed by atoms with van der Waals surface area (Å²) in [7, 11) is 0. The number of amides is 1. The number of hydrogen-bond acceptors (Lipinski definition) is 2. The summed E-state index contributed by atoms with van der Waals surface area (Å²) in [6.07, 6.45) is 4.92. The first-order valence-corrected chi connectivity index (χ1v) is 8.46. The fourth-order valence-corrected chi connectivity index (χ4v) is 3.50. The maximum atomic E-state index is 12.7. The van der Waals surface area contributed by atoms with Crippen LogP contribution in [0.2, 0.25) is 0 Å². The van der Waals surface area contributed by atoms with Gasteiger partial charge in [-0.15, -0.1) is 0 Å². The van der Waals surface area contributed by atoms with Crippen molar-refractivity contribution in [2.24, 2.45) is 11.8 Å². The van der Waals surface area contributed by atoms with Crippen molar-refractivity contribution in [3.05, 3.63) is 34.9 Å². The van der Waals surface area contributed by atoms with E-state index in [-0.39, 0.29) is 17.6 Å². The lowest BCUT2D eigenvalue weighted by molar-refractivity contribution is -0.139. The van der Waals surface area contributed by atoms with E-state index in [4.69, 9.17) is 0 Å². The normalized spacial score (nSPS) is 19.8. The van der Waals surface area contributed by atoms with E-state index >= 15 is 0 Å². The van der Waals surface area contributed by atoms with Crippen LogP contribution in [0.5, 0.6) is 0 Å². The summed E-state index contributed by atoms with van der Waals surface area (Å²) in [5.74, 6) is 0.929. The summed E-state index contributed by atoms with van der Waals surface area (Å²) in [5.41, 5.74) is 3.05. The molecule has 0 spiro atoms. The average molecular weight is 299 g/mol. The number of likely N-dealkylation sites (tertiary alicyclic amines) is 1. The lowest BCUT2D eigenvalue weighted by atomic mass is 9.82. The SMILES string of the molecule is Cc1ccc(C)c(C(=O)C2CCN(C(=O)C3CCC3)CC2)c1. The van der Waals surface area contributed by atoms with E-state index in [1.54, 1.807) is 0 Å². The van der Waals surface area contributed by atoms with Crippen molar-refractivity contribution in [1.82, 2.24) is 4.90 Å². The molecule has 3 rings (SSSR count). The van der Waals surface area contributed by atoms with Crippen LogP contribution < -0.4 is 0 Å². The summed E-state index contributed by atoms with van der Waals surface area (Å²) in [5, 5.41) is 0. The van der Waals surface area contributed by atoms with Crippen LogP contribution in [0.3, 0.4) is 0 Å². The van der Waals surface area contributed by atoms with E-state index in [0.29, 0.717) is 5.91 Å². The minimum Gasteiger partial charge on any atom is -0.342 e. The van der Waals surface area contributed by atoms with E-state index in [2.05, 4.69) is 0 Å². The van der Waals surface area contributed by atoms with Gasteiger partial charge in [-0.3, -0.25) is 9.59 Å². The van der Waals surface area contributed by atoms with Crippen molar-refractivity contribution in [3.63, 3.8) is 0 Å². The molecule has 0 radical (unpaired) electrons. The third kappa shape index (κ3) is 2.94. The number of aryl methyl sites for hydroxylation is 2. The highest BCUT2D eigenvalue weighted by molar-refractivity contribution is 5.99. The molecule has 1 aliphatic carbocycles. The summed E-state index contributed by atoms with van der Waals surface area (Å²) < 4.78 is 0. The monoisotopic (exact) mass is 299 g/mol. The summed E-state index contributed by atoms with van der Waals surface area (Å²) in [4.78, 5) is 27.0. The number of benzene rings is 1. The summed E-state index contributed by atoms with van der Waals surface area (Å²) in [6, 6.07) is 6.08. The number of carbonyl (C=O) groups excluding carboxylic acids is 2. The van der Waals surface area contributed by atoms with Crippen LogP contribution in [0.15, 0.2) is 18.2 Å². The molecule has 22 heavy (non-hydrogen) atoms. The summed E-state index contributed by atoms with van der Waals surface area (Å²) >= 11 is 0. The molecule has 0 unspecified atom stereocenters. The molecule has 1 saturated heterocycles. The highest BCUT2D eigenvalue weighted by Crippen LogP contribution is 2.31. The Hall–Kier alpha value is -1.64. The number of nitrogens with zero attached hydrogens (tertiary/aromatic N) is 1. The number of rotatable bonds is 3. The molecule has 0 atom stereocenters. The zero-order chi connectivity index (χ0) is 15.7. The molecule has 1 aromatic rings. The first kappa shape index (κ1) is 15.3. The van der Waals surface area contributed by atoms with Gasteiger partial charge in [0, 0.05) is 30.5 Å². The fourth-order valence-electron chi connectivity index (χ4n) is 3.50. The molecule has 3 heteroatoms. The highest BCUT2D eigenvalue weighted by atomic mass is 16.2. The molecule has 1 aromatic carbocycles. The molecule has 2 fully saturated rings. The minimum atomic E-state index is 0.0749. The molecule has 1 amide bonds. The van der Waals surface area contributed by atoms with Crippen LogP contribution >= 0.6 is 0 Å². The molecule has 2 aliphatic rings. The largest absolute Gasteiger partial charge is 0.342 e. The van der Waals surface area contributed by atoms with Crippen LogP contribution in [0.1, 0.15) is 53.6 Å². The molecule has 1 heterocycles. The standard InChI is InChI=1S/C19H25NO2/c1-13-6-7-14(2)17(12-13)18(21)15-8-10-20(11-9-15)19(22)16-4-3-5-16/h6-7,12,15-16H,3-5,8-11H2,1-2H3. The fraction of sp³-hybridized carbons (Fsp3) is 0.579. The molecule has 0 N–H and O–H groups in total. The van der Waals surface area contributed by atoms with Gasteiger partial charge in [0.2, 0.25) is 5.91 Å². The van der Waals surface area contributed by atoms with E-state index in [0.717, 1.165) is 55.5 Å². The number of Topliss-reactive ketones (excluding diaryl/α,β-unsaturated/α-hetero) is 1. The smallest absolute Gasteiger partial charge is 0.225 e. The first-order valence-electron chi connectivity index (χ1n) is 8.46. The Morgan fingerprint density at radius 1 is 1.00 bits per heavy atom. The van der Waals surface area contributed by atoms with Crippen molar-refractivity contribution in [1.29, 1.82) is 0 Å². The zero-order valence-electron chi connectivity index (χ0n) is 13.6. The van der Waals surface area contributed by atoms with Gasteiger partial charge < -0.3 is 4.90 Å². The minimum absolute atomic E-state index is 0.0749. The molecule has 0 bridgehead atoms. The molecular weight excluding hydrogens is 274 g/mol. The Kier molecular flexibility index (Phi) is 4.32. The number of piperidine rings is 1. The second-order valence-electron chi connectivity index (χ2n) is 6.91. The Morgan fingerprint density at radius 2 is 1.68 bits per heavy atom. The maximum Gasteiger partial charge on any atom is 0.225 e. The first-order chi connectivity index (χ1) is 10.6. The second kappa shape index (κ2) is 6.23. The Labute approximate surface area is 132 Å². The molecule has 118 valence electrons. The van der Waals surface area contributed by atoms with Gasteiger partial charge in [0.15, 0.2) is 5.78 Å². The average Bonchev–Trinajstić information content (AvgIpc) is 2.47. The van der Waals surface area contributed by atoms with Gasteiger partial charge in [-0.05, 0) is 51.2 Å². The van der Waals surface area contributed by atoms with Crippen molar-refractivity contribution < 1.29 is 9.59 Å². The van der Waals surface area contributed by atoms with Gasteiger partial charge in [-0.25, -0.2) is 0 Å². The number of hydrogen-bond donors (Lipinski definition) is 0. The molecule has 1 saturated carbocycles. The number of carbonyl (C=O) groups is 2. The Balaban J connectivity index is 1.62. The van der Waals surface area contributed by atoms with Crippen molar-refractivity contribution >= 4 is 11.7 Å². The van der Waals surface area contributed by atoms with Crippen LogP contribution in [0, 0.1) is 25.7 Å². The van der Waals surface area contributed by atoms with Gasteiger partial charge in [-0.1, -0.05) is 24.1 Å². The van der Waals surface area contributed by atoms with Crippen molar-refractivity contribution in [2.45, 2.75) is 46.0 Å². The predicted molar refractivity (Wildman–Crippen MR) is 86.9 cm³/mol. The number of ketones is 1. The predicted octanol–water partition coefficient (Wildman–Crippen LogP) is 3.52. The lowest BCUT2D eigenvalue weighted by Gasteiger charge is -2.36. The van der Waals surface area contributed by atoms with Crippen LogP contribution in [-0.2, 0) is 4.79 Å². The zero-order valence-corrected chi connectivity index (χ0v) is 13.6. The van der Waals surface area contributed by atoms with Crippen LogP contribution in [0.4, 0.5) is 0 Å². The quantitative estimate of drug-likeness (QED) is 0.801. The van der Waals surface area contributed by atoms with E-state index in [1.807, 2.05) is 36.9 Å². The van der Waals surface area contributed by atoms with Gasteiger partial charge in [0.1, 0.15) is 0 Å². The molecule has 0 aromatic heterocycles. The van der Waals surface area contributed by atoms with Gasteiger partial charge in [0.25, 0.3) is 0 Å². The van der Waals surface area contributed by atoms with Crippen molar-refractivity contribution in [3.8, 4) is 0 Å². The topological polar surface area (TPSA) is 37.4 Å². The summed E-state index contributed by atoms with van der Waals surface area (Å²) in [6.45, 7) is 5.52. The molecule has 1 aliphatic heterocycles. The highest BCUT2D eigenvalue weighted by Gasteiger charge is 2.33. The Bertz CT molecular complexity index is 581. The van der Waals surface area contributed by atoms with Crippen molar-refractivity contribution in [2.75, 3.05) is 13.1 Å². The van der Waals surface area contributed by atoms with Crippen LogP contribution in [0.25, 0.3) is 0 Å². The third-order valence-electron chi connectivity index (χ3n) is 5.29. The lowest BCUT2D eigenvalue weighted by Crippen LogP contribution is -2.44. The molecule has 3 nitrogen and oxygen atoms in total. The van der Waals surface area contributed by atoms with E-state index < -0.39 is 0 Å². The van der Waals surface area contributed by atoms with E-state index in [9.17, 15) is 9.59 Å². The maximum absolute atomic E-state index is 12.7. The third-order valence-corrected chi connectivity index (χ3v) is 5.29.